The lowest BCUT2D eigenvalue weighted by molar-refractivity contribution is 0.343. The van der Waals surface area contributed by atoms with Gasteiger partial charge in [0.2, 0.25) is 5.13 Å². The fourth-order valence-corrected chi connectivity index (χ4v) is 4.02. The van der Waals surface area contributed by atoms with Gasteiger partial charge in [0.1, 0.15) is 12.4 Å². The van der Waals surface area contributed by atoms with Crippen LogP contribution in [0.3, 0.4) is 0 Å². The van der Waals surface area contributed by atoms with Gasteiger partial charge in [-0.2, -0.15) is 0 Å². The first kappa shape index (κ1) is 21.3. The molecule has 0 saturated carbocycles. The predicted molar refractivity (Wildman–Crippen MR) is 130 cm³/mol. The Morgan fingerprint density at radius 1 is 1.00 bits per heavy atom. The number of hydrogen-bond acceptors (Lipinski definition) is 6. The molecule has 1 aromatic heterocycles. The van der Waals surface area contributed by atoms with Crippen molar-refractivity contribution in [2.45, 2.75) is 6.42 Å². The molecule has 0 radical (unpaired) electrons. The van der Waals surface area contributed by atoms with E-state index in [0.29, 0.717) is 17.6 Å². The average Bonchev–Trinajstić information content (AvgIpc) is 3.23. The second-order valence-electron chi connectivity index (χ2n) is 7.04. The van der Waals surface area contributed by atoms with Crippen molar-refractivity contribution in [1.29, 1.82) is 0 Å². The first-order chi connectivity index (χ1) is 15.2. The van der Waals surface area contributed by atoms with Crippen LogP contribution in [0.5, 0.6) is 5.75 Å². The second kappa shape index (κ2) is 10.4. The largest absolute Gasteiger partial charge is 0.492 e. The lowest BCUT2D eigenvalue weighted by Gasteiger charge is -2.19. The molecule has 31 heavy (non-hydrogen) atoms. The topological polar surface area (TPSA) is 50.1 Å². The summed E-state index contributed by atoms with van der Waals surface area (Å²) in [5, 5.41) is 9.28. The monoisotopic (exact) mass is 450 g/mol. The average molecular weight is 451 g/mol. The van der Waals surface area contributed by atoms with E-state index in [2.05, 4.69) is 63.6 Å². The van der Waals surface area contributed by atoms with Gasteiger partial charge < -0.3 is 9.64 Å². The zero-order valence-electron chi connectivity index (χ0n) is 17.2. The summed E-state index contributed by atoms with van der Waals surface area (Å²) in [6.45, 7) is 1.43. The molecule has 3 aromatic carbocycles. The molecule has 5 nitrogen and oxygen atoms in total. The number of likely N-dealkylation sites (N-methyl/N-ethyl adjacent to an activating group) is 1. The zero-order chi connectivity index (χ0) is 21.5. The molecule has 0 aliphatic heterocycles. The molecular weight excluding hydrogens is 428 g/mol. The lowest BCUT2D eigenvalue weighted by Crippen LogP contribution is -2.20. The molecule has 0 spiro atoms. The third kappa shape index (κ3) is 5.81. The van der Waals surface area contributed by atoms with E-state index in [0.717, 1.165) is 40.3 Å². The highest BCUT2D eigenvalue weighted by Crippen LogP contribution is 2.32. The van der Waals surface area contributed by atoms with Gasteiger partial charge in [-0.25, -0.2) is 4.98 Å². The summed E-state index contributed by atoms with van der Waals surface area (Å²) in [7, 11) is 2.10. The number of ether oxygens (including phenoxy) is 1. The van der Waals surface area contributed by atoms with Crippen LogP contribution in [0, 0.1) is 0 Å². The highest BCUT2D eigenvalue weighted by atomic mass is 35.5. The molecule has 0 fully saturated rings. The van der Waals surface area contributed by atoms with Crippen LogP contribution in [0.1, 0.15) is 5.56 Å². The SMILES string of the molecule is CN(CCc1ccccc1)c1ccc(N=Nc2nc3ccc(OCCCl)cc3s2)cc1. The van der Waals surface area contributed by atoms with Crippen molar-refractivity contribution < 1.29 is 4.74 Å². The van der Waals surface area contributed by atoms with Crippen molar-refractivity contribution in [3.63, 3.8) is 0 Å². The van der Waals surface area contributed by atoms with Gasteiger partial charge in [0, 0.05) is 19.3 Å². The molecule has 0 aliphatic carbocycles. The molecule has 0 N–H and O–H groups in total. The van der Waals surface area contributed by atoms with Crippen LogP contribution < -0.4 is 9.64 Å². The van der Waals surface area contributed by atoms with Crippen molar-refractivity contribution >= 4 is 49.7 Å². The van der Waals surface area contributed by atoms with Crippen molar-refractivity contribution in [3.05, 3.63) is 78.4 Å². The number of rotatable bonds is 9. The number of alkyl halides is 1. The number of aromatic nitrogens is 1. The molecule has 158 valence electrons. The number of azo groups is 1. The summed E-state index contributed by atoms with van der Waals surface area (Å²) in [4.78, 5) is 6.76. The first-order valence-corrected chi connectivity index (χ1v) is 11.4. The summed E-state index contributed by atoms with van der Waals surface area (Å²) >= 11 is 7.16. The quantitative estimate of drug-likeness (QED) is 0.203. The van der Waals surface area contributed by atoms with E-state index in [4.69, 9.17) is 16.3 Å². The van der Waals surface area contributed by atoms with E-state index in [9.17, 15) is 0 Å². The Morgan fingerprint density at radius 2 is 1.81 bits per heavy atom. The smallest absolute Gasteiger partial charge is 0.231 e. The van der Waals surface area contributed by atoms with Crippen molar-refractivity contribution in [2.24, 2.45) is 10.2 Å². The van der Waals surface area contributed by atoms with Crippen LogP contribution in [0.15, 0.2) is 83.0 Å². The number of fused-ring (bicyclic) bond motifs is 1. The minimum atomic E-state index is 0.460. The number of anilines is 1. The normalized spacial score (nSPS) is 11.3. The van der Waals surface area contributed by atoms with Crippen LogP contribution in [-0.4, -0.2) is 31.1 Å². The van der Waals surface area contributed by atoms with Gasteiger partial charge in [0.25, 0.3) is 0 Å². The van der Waals surface area contributed by atoms with Gasteiger partial charge in [0.05, 0.1) is 21.8 Å². The number of halogens is 1. The Labute approximate surface area is 191 Å². The number of thiazole rings is 1. The lowest BCUT2D eigenvalue weighted by atomic mass is 10.1. The van der Waals surface area contributed by atoms with Crippen LogP contribution in [0.4, 0.5) is 16.5 Å². The molecule has 0 unspecified atom stereocenters. The molecular formula is C24H23ClN4OS. The van der Waals surface area contributed by atoms with E-state index < -0.39 is 0 Å². The molecule has 0 aliphatic rings. The molecule has 1 heterocycles. The zero-order valence-corrected chi connectivity index (χ0v) is 18.8. The first-order valence-electron chi connectivity index (χ1n) is 10.1. The Kier molecular flexibility index (Phi) is 7.12. The molecule has 0 saturated heterocycles. The minimum Gasteiger partial charge on any atom is -0.492 e. The van der Waals surface area contributed by atoms with Crippen molar-refractivity contribution in [1.82, 2.24) is 4.98 Å². The van der Waals surface area contributed by atoms with Gasteiger partial charge >= 0.3 is 0 Å². The van der Waals surface area contributed by atoms with Crippen LogP contribution in [0.2, 0.25) is 0 Å². The van der Waals surface area contributed by atoms with Crippen LogP contribution in [0.25, 0.3) is 10.2 Å². The van der Waals surface area contributed by atoms with Crippen LogP contribution >= 0.6 is 22.9 Å². The highest BCUT2D eigenvalue weighted by molar-refractivity contribution is 7.21. The maximum atomic E-state index is 5.68. The standard InChI is InChI=1S/C24H23ClN4OS/c1-29(15-13-18-5-3-2-4-6-18)20-9-7-19(8-10-20)27-28-24-26-22-12-11-21(30-16-14-25)17-23(22)31-24/h2-12,17H,13-16H2,1H3. The number of nitrogens with zero attached hydrogens (tertiary/aromatic N) is 4. The summed E-state index contributed by atoms with van der Waals surface area (Å²) in [5.74, 6) is 1.24. The second-order valence-corrected chi connectivity index (χ2v) is 8.42. The van der Waals surface area contributed by atoms with Crippen molar-refractivity contribution in [3.8, 4) is 5.75 Å². The maximum Gasteiger partial charge on any atom is 0.231 e. The van der Waals surface area contributed by atoms with Crippen LogP contribution in [-0.2, 0) is 6.42 Å². The summed E-state index contributed by atoms with van der Waals surface area (Å²) < 4.78 is 6.57. The number of benzene rings is 3. The highest BCUT2D eigenvalue weighted by Gasteiger charge is 2.06. The minimum absolute atomic E-state index is 0.460. The van der Waals surface area contributed by atoms with Crippen molar-refractivity contribution in [2.75, 3.05) is 31.0 Å². The van der Waals surface area contributed by atoms with E-state index in [1.54, 1.807) is 0 Å². The Balaban J connectivity index is 1.37. The third-order valence-electron chi connectivity index (χ3n) is 4.81. The van der Waals surface area contributed by atoms with Gasteiger partial charge in [-0.15, -0.1) is 21.8 Å². The fourth-order valence-electron chi connectivity index (χ4n) is 3.13. The Hall–Kier alpha value is -2.96. The Morgan fingerprint density at radius 3 is 2.58 bits per heavy atom. The van der Waals surface area contributed by atoms with E-state index in [1.807, 2.05) is 36.4 Å². The fraction of sp³-hybridized carbons (Fsp3) is 0.208. The predicted octanol–water partition coefficient (Wildman–Crippen LogP) is 7.01. The van der Waals surface area contributed by atoms with E-state index in [1.165, 1.54) is 16.9 Å². The molecule has 4 aromatic rings. The molecule has 0 bridgehead atoms. The molecule has 4 rings (SSSR count). The maximum absolute atomic E-state index is 5.68. The summed E-state index contributed by atoms with van der Waals surface area (Å²) in [5.41, 5.74) is 4.17. The summed E-state index contributed by atoms with van der Waals surface area (Å²) in [6, 6.07) is 24.4. The summed E-state index contributed by atoms with van der Waals surface area (Å²) in [6.07, 6.45) is 1.01. The van der Waals surface area contributed by atoms with E-state index >= 15 is 0 Å². The Bertz CT molecular complexity index is 1150. The number of hydrogen-bond donors (Lipinski definition) is 0. The van der Waals surface area contributed by atoms with Gasteiger partial charge in [-0.05, 0) is 54.4 Å². The van der Waals surface area contributed by atoms with Gasteiger partial charge in [-0.3, -0.25) is 0 Å². The molecule has 7 heteroatoms. The third-order valence-corrected chi connectivity index (χ3v) is 5.87. The molecule has 0 amide bonds. The molecule has 0 atom stereocenters. The van der Waals surface area contributed by atoms with Gasteiger partial charge in [-0.1, -0.05) is 41.7 Å². The van der Waals surface area contributed by atoms with E-state index in [-0.39, 0.29) is 0 Å². The van der Waals surface area contributed by atoms with Gasteiger partial charge in [0.15, 0.2) is 0 Å².